The third-order valence-electron chi connectivity index (χ3n) is 5.42. The van der Waals surface area contributed by atoms with E-state index in [9.17, 15) is 4.79 Å². The lowest BCUT2D eigenvalue weighted by atomic mass is 9.95. The zero-order valence-corrected chi connectivity index (χ0v) is 15.5. The fraction of sp³-hybridized carbons (Fsp3) is 0.300. The maximum absolute atomic E-state index is 12.9. The number of nitrogens with zero attached hydrogens (tertiary/aromatic N) is 5. The van der Waals surface area contributed by atoms with Gasteiger partial charge in [-0.2, -0.15) is 4.52 Å². The van der Waals surface area contributed by atoms with Crippen LogP contribution in [0.2, 0.25) is 0 Å². The van der Waals surface area contributed by atoms with Crippen molar-refractivity contribution in [3.05, 3.63) is 54.0 Å². The summed E-state index contributed by atoms with van der Waals surface area (Å²) in [5.74, 6) is 1.65. The number of methoxy groups -OCH3 is 1. The van der Waals surface area contributed by atoms with Crippen molar-refractivity contribution >= 4 is 22.5 Å². The zero-order valence-electron chi connectivity index (χ0n) is 15.5. The number of ether oxygens (including phenoxy) is 1. The van der Waals surface area contributed by atoms with Crippen LogP contribution in [0.3, 0.4) is 0 Å². The third kappa shape index (κ3) is 2.77. The highest BCUT2D eigenvalue weighted by Crippen LogP contribution is 2.28. The first-order valence-electron chi connectivity index (χ1n) is 9.36. The van der Waals surface area contributed by atoms with Crippen LogP contribution >= 0.6 is 0 Å². The van der Waals surface area contributed by atoms with Crippen LogP contribution in [0.25, 0.3) is 16.6 Å². The Morgan fingerprint density at radius 2 is 2.00 bits per heavy atom. The van der Waals surface area contributed by atoms with Gasteiger partial charge in [-0.1, -0.05) is 0 Å². The Kier molecular flexibility index (Phi) is 3.96. The second-order valence-electron chi connectivity index (χ2n) is 7.05. The van der Waals surface area contributed by atoms with Gasteiger partial charge in [0.2, 0.25) is 5.88 Å². The molecular weight excluding hydrogens is 356 g/mol. The first kappa shape index (κ1) is 16.7. The summed E-state index contributed by atoms with van der Waals surface area (Å²) in [5.41, 5.74) is 2.47. The quantitative estimate of drug-likeness (QED) is 0.594. The SMILES string of the molecule is COc1ccc2nnc(C3CCN(C(=O)c4ccc5[nH]ccc5c4)CC3)n2n1. The Balaban J connectivity index is 1.32. The Morgan fingerprint density at radius 3 is 2.82 bits per heavy atom. The number of hydrogen-bond acceptors (Lipinski definition) is 5. The summed E-state index contributed by atoms with van der Waals surface area (Å²) in [5, 5.41) is 14.0. The van der Waals surface area contributed by atoms with E-state index in [2.05, 4.69) is 20.3 Å². The molecule has 4 aromatic rings. The molecule has 0 bridgehead atoms. The highest BCUT2D eigenvalue weighted by Gasteiger charge is 2.28. The number of rotatable bonds is 3. The Hall–Kier alpha value is -3.42. The van der Waals surface area contributed by atoms with E-state index in [4.69, 9.17) is 4.74 Å². The minimum atomic E-state index is 0.0763. The fourth-order valence-electron chi connectivity index (χ4n) is 3.86. The molecule has 4 heterocycles. The van der Waals surface area contributed by atoms with Crippen molar-refractivity contribution in [1.29, 1.82) is 0 Å². The molecule has 142 valence electrons. The maximum atomic E-state index is 12.9. The van der Waals surface area contributed by atoms with E-state index in [1.54, 1.807) is 17.7 Å². The maximum Gasteiger partial charge on any atom is 0.253 e. The second-order valence-corrected chi connectivity index (χ2v) is 7.05. The van der Waals surface area contributed by atoms with Crippen molar-refractivity contribution in [3.8, 4) is 5.88 Å². The van der Waals surface area contributed by atoms with Gasteiger partial charge < -0.3 is 14.6 Å². The number of benzene rings is 1. The monoisotopic (exact) mass is 376 g/mol. The predicted molar refractivity (Wildman–Crippen MR) is 104 cm³/mol. The zero-order chi connectivity index (χ0) is 19.1. The van der Waals surface area contributed by atoms with Crippen LogP contribution in [0.4, 0.5) is 0 Å². The van der Waals surface area contributed by atoms with Crippen molar-refractivity contribution in [2.45, 2.75) is 18.8 Å². The normalized spacial score (nSPS) is 15.4. The Bertz CT molecular complexity index is 1160. The van der Waals surface area contributed by atoms with Gasteiger partial charge in [-0.15, -0.1) is 15.3 Å². The molecule has 0 atom stereocenters. The van der Waals surface area contributed by atoms with Gasteiger partial charge in [-0.25, -0.2) is 0 Å². The molecule has 3 aromatic heterocycles. The van der Waals surface area contributed by atoms with Crippen molar-refractivity contribution in [2.75, 3.05) is 20.2 Å². The topological polar surface area (TPSA) is 88.4 Å². The molecule has 0 spiro atoms. The van der Waals surface area contributed by atoms with Crippen LogP contribution in [0.1, 0.15) is 34.9 Å². The lowest BCUT2D eigenvalue weighted by Crippen LogP contribution is -2.38. The Morgan fingerprint density at radius 1 is 1.14 bits per heavy atom. The standard InChI is InChI=1S/C20H20N6O2/c1-28-18-5-4-17-22-23-19(26(17)24-18)13-7-10-25(11-8-13)20(27)15-2-3-16-14(12-15)6-9-21-16/h2-6,9,12-13,21H,7-8,10-11H2,1H3. The number of fused-ring (bicyclic) bond motifs is 2. The van der Waals surface area contributed by atoms with Gasteiger partial charge in [0.05, 0.1) is 7.11 Å². The van der Waals surface area contributed by atoms with E-state index >= 15 is 0 Å². The lowest BCUT2D eigenvalue weighted by molar-refractivity contribution is 0.0711. The molecule has 0 saturated carbocycles. The smallest absolute Gasteiger partial charge is 0.253 e. The van der Waals surface area contributed by atoms with Crippen molar-refractivity contribution < 1.29 is 9.53 Å². The number of likely N-dealkylation sites (tertiary alicyclic amines) is 1. The van der Waals surface area contributed by atoms with Gasteiger partial charge >= 0.3 is 0 Å². The number of amides is 1. The third-order valence-corrected chi connectivity index (χ3v) is 5.42. The summed E-state index contributed by atoms with van der Waals surface area (Å²) < 4.78 is 6.96. The molecular formula is C20H20N6O2. The van der Waals surface area contributed by atoms with Crippen molar-refractivity contribution in [2.24, 2.45) is 0 Å². The van der Waals surface area contributed by atoms with Gasteiger partial charge in [0.1, 0.15) is 0 Å². The van der Waals surface area contributed by atoms with Gasteiger partial charge in [-0.05, 0) is 43.2 Å². The molecule has 1 saturated heterocycles. The van der Waals surface area contributed by atoms with E-state index in [1.807, 2.05) is 41.4 Å². The number of piperidine rings is 1. The van der Waals surface area contributed by atoms with Crippen molar-refractivity contribution in [1.82, 2.24) is 29.7 Å². The fourth-order valence-corrected chi connectivity index (χ4v) is 3.86. The van der Waals surface area contributed by atoms with Gasteiger partial charge in [0.15, 0.2) is 11.5 Å². The average molecular weight is 376 g/mol. The van der Waals surface area contributed by atoms with E-state index in [1.165, 1.54) is 0 Å². The largest absolute Gasteiger partial charge is 0.480 e. The number of aromatic amines is 1. The molecule has 0 radical (unpaired) electrons. The van der Waals surface area contributed by atoms with E-state index in [-0.39, 0.29) is 11.8 Å². The predicted octanol–water partition coefficient (Wildman–Crippen LogP) is 2.63. The summed E-state index contributed by atoms with van der Waals surface area (Å²) in [4.78, 5) is 18.0. The lowest BCUT2D eigenvalue weighted by Gasteiger charge is -2.31. The minimum Gasteiger partial charge on any atom is -0.480 e. The molecule has 1 aromatic carbocycles. The van der Waals surface area contributed by atoms with Crippen LogP contribution in [0.5, 0.6) is 5.88 Å². The number of carbonyl (C=O) groups excluding carboxylic acids is 1. The number of nitrogens with one attached hydrogen (secondary N) is 1. The second kappa shape index (κ2) is 6.63. The molecule has 0 aliphatic carbocycles. The van der Waals surface area contributed by atoms with Crippen LogP contribution in [-0.4, -0.2) is 55.8 Å². The molecule has 1 fully saturated rings. The minimum absolute atomic E-state index is 0.0763. The molecule has 1 amide bonds. The molecule has 1 aliphatic rings. The summed E-state index contributed by atoms with van der Waals surface area (Å²) in [6.45, 7) is 1.38. The summed E-state index contributed by atoms with van der Waals surface area (Å²) in [6, 6.07) is 11.4. The molecule has 28 heavy (non-hydrogen) atoms. The number of hydrogen-bond donors (Lipinski definition) is 1. The first-order valence-corrected chi connectivity index (χ1v) is 9.36. The van der Waals surface area contributed by atoms with E-state index in [0.29, 0.717) is 24.6 Å². The van der Waals surface area contributed by atoms with Crippen LogP contribution in [-0.2, 0) is 0 Å². The molecule has 1 N–H and O–H groups in total. The summed E-state index contributed by atoms with van der Waals surface area (Å²) >= 11 is 0. The summed E-state index contributed by atoms with van der Waals surface area (Å²) in [7, 11) is 1.59. The van der Waals surface area contributed by atoms with Crippen molar-refractivity contribution in [3.63, 3.8) is 0 Å². The first-order chi connectivity index (χ1) is 13.7. The highest BCUT2D eigenvalue weighted by molar-refractivity contribution is 5.98. The number of aromatic nitrogens is 5. The molecule has 8 nitrogen and oxygen atoms in total. The molecule has 0 unspecified atom stereocenters. The highest BCUT2D eigenvalue weighted by atomic mass is 16.5. The van der Waals surface area contributed by atoms with Crippen LogP contribution in [0, 0.1) is 0 Å². The average Bonchev–Trinajstić information content (AvgIpc) is 3.39. The van der Waals surface area contributed by atoms with E-state index in [0.717, 1.165) is 35.1 Å². The van der Waals surface area contributed by atoms with Gasteiger partial charge in [0, 0.05) is 47.7 Å². The van der Waals surface area contributed by atoms with Crippen LogP contribution in [0.15, 0.2) is 42.6 Å². The van der Waals surface area contributed by atoms with Gasteiger partial charge in [0.25, 0.3) is 5.91 Å². The summed E-state index contributed by atoms with van der Waals surface area (Å²) in [6.07, 6.45) is 3.55. The molecule has 1 aliphatic heterocycles. The van der Waals surface area contributed by atoms with Crippen LogP contribution < -0.4 is 4.74 Å². The van der Waals surface area contributed by atoms with Gasteiger partial charge in [-0.3, -0.25) is 4.79 Å². The molecule has 8 heteroatoms. The Labute approximate surface area is 161 Å². The molecule has 5 rings (SSSR count). The van der Waals surface area contributed by atoms with E-state index < -0.39 is 0 Å². The number of carbonyl (C=O) groups is 1. The number of H-pyrrole nitrogens is 1.